The number of hydrazine groups is 1. The van der Waals surface area contributed by atoms with Crippen LogP contribution >= 0.6 is 15.9 Å². The number of aliphatic hydroxyl groups is 1. The highest BCUT2D eigenvalue weighted by Gasteiger charge is 2.52. The van der Waals surface area contributed by atoms with Gasteiger partial charge >= 0.3 is 0 Å². The molecule has 4 aromatic carbocycles. The van der Waals surface area contributed by atoms with Gasteiger partial charge in [-0.1, -0.05) is 100 Å². The van der Waals surface area contributed by atoms with Crippen molar-refractivity contribution in [1.29, 1.82) is 0 Å². The molecular formula is C37H38BrN3O4. The van der Waals surface area contributed by atoms with Gasteiger partial charge < -0.3 is 14.6 Å². The first kappa shape index (κ1) is 32.2. The molecule has 0 saturated heterocycles. The molecule has 0 aliphatic carbocycles. The number of rotatable bonds is 14. The molecule has 0 spiro atoms. The topological polar surface area (TPSA) is 92.2 Å². The molecule has 0 fully saturated rings. The molecule has 0 unspecified atom stereocenters. The number of halogens is 1. The summed E-state index contributed by atoms with van der Waals surface area (Å²) in [6.45, 7) is 3.12. The van der Waals surface area contributed by atoms with Gasteiger partial charge in [-0.2, -0.15) is 0 Å². The number of benzene rings is 4. The number of amides is 1. The predicted molar refractivity (Wildman–Crippen MR) is 182 cm³/mol. The Labute approximate surface area is 273 Å². The lowest BCUT2D eigenvalue weighted by molar-refractivity contribution is -0.129. The lowest BCUT2D eigenvalue weighted by Crippen LogP contribution is -2.52. The van der Waals surface area contributed by atoms with Gasteiger partial charge in [-0.3, -0.25) is 10.2 Å². The van der Waals surface area contributed by atoms with Crippen LogP contribution in [0.5, 0.6) is 5.75 Å². The van der Waals surface area contributed by atoms with Gasteiger partial charge in [0.05, 0.1) is 6.61 Å². The molecule has 2 atom stereocenters. The van der Waals surface area contributed by atoms with E-state index in [1.165, 1.54) is 11.1 Å². The highest BCUT2D eigenvalue weighted by Crippen LogP contribution is 2.43. The number of carbonyl (C=O) groups excluding carboxylic acids is 1. The summed E-state index contributed by atoms with van der Waals surface area (Å²) in [5, 5.41) is 9.06. The van der Waals surface area contributed by atoms with Crippen LogP contribution in [0, 0.1) is 6.92 Å². The van der Waals surface area contributed by atoms with E-state index in [9.17, 15) is 4.79 Å². The lowest BCUT2D eigenvalue weighted by atomic mass is 9.84. The average molecular weight is 669 g/mol. The molecule has 1 aliphatic rings. The Balaban J connectivity index is 1.44. The quantitative estimate of drug-likeness (QED) is 0.102. The van der Waals surface area contributed by atoms with E-state index in [4.69, 9.17) is 19.6 Å². The standard InChI is InChI=1S/C37H38BrN3O4/c1-27-10-12-29(13-11-27)22-24-39-41-36(43)37(23-5-9-28-7-3-2-4-8-28)34(30-14-18-32(38)19-15-30)45-35(40-37)31-16-20-33(21-17-31)44-26-6-25-42/h2-5,7-21,34,39,42H,6,22-26H2,1H3,(H,41,43)/b9-5+/t34-,37-/m0/s1. The van der Waals surface area contributed by atoms with Gasteiger partial charge in [0.2, 0.25) is 5.90 Å². The van der Waals surface area contributed by atoms with Crippen molar-refractivity contribution in [3.8, 4) is 5.75 Å². The smallest absolute Gasteiger partial charge is 0.266 e. The monoisotopic (exact) mass is 667 g/mol. The normalized spacial score (nSPS) is 17.6. The zero-order valence-electron chi connectivity index (χ0n) is 25.3. The van der Waals surface area contributed by atoms with Crippen molar-refractivity contribution in [2.75, 3.05) is 19.8 Å². The summed E-state index contributed by atoms with van der Waals surface area (Å²) in [7, 11) is 0. The molecule has 0 saturated carbocycles. The Bertz CT molecular complexity index is 1590. The summed E-state index contributed by atoms with van der Waals surface area (Å²) >= 11 is 3.53. The highest BCUT2D eigenvalue weighted by atomic mass is 79.9. The summed E-state index contributed by atoms with van der Waals surface area (Å²) in [6, 6.07) is 33.6. The van der Waals surface area contributed by atoms with Crippen molar-refractivity contribution >= 4 is 33.8 Å². The maximum Gasteiger partial charge on any atom is 0.266 e. The zero-order chi connectivity index (χ0) is 31.5. The van der Waals surface area contributed by atoms with Gasteiger partial charge in [-0.25, -0.2) is 10.4 Å². The largest absolute Gasteiger partial charge is 0.494 e. The minimum absolute atomic E-state index is 0.0733. The van der Waals surface area contributed by atoms with Crippen LogP contribution in [0.1, 0.15) is 46.8 Å². The van der Waals surface area contributed by atoms with E-state index in [1.807, 2.05) is 91.0 Å². The van der Waals surface area contributed by atoms with Gasteiger partial charge in [0.15, 0.2) is 11.6 Å². The fourth-order valence-corrected chi connectivity index (χ4v) is 5.37. The minimum Gasteiger partial charge on any atom is -0.494 e. The number of ether oxygens (including phenoxy) is 2. The number of hydrogen-bond donors (Lipinski definition) is 3. The maximum atomic E-state index is 14.2. The van der Waals surface area contributed by atoms with Crippen LogP contribution in [-0.2, 0) is 16.0 Å². The van der Waals surface area contributed by atoms with Gasteiger partial charge in [0.25, 0.3) is 5.91 Å². The van der Waals surface area contributed by atoms with Crippen molar-refractivity contribution in [3.63, 3.8) is 0 Å². The number of carbonyl (C=O) groups is 1. The van der Waals surface area contributed by atoms with E-state index in [1.54, 1.807) is 0 Å². The molecule has 0 aromatic heterocycles. The average Bonchev–Trinajstić information content (AvgIpc) is 3.46. The molecule has 8 heteroatoms. The SMILES string of the molecule is Cc1ccc(CCNNC(=O)[C@@]2(C/C=C/c3ccccc3)N=C(c3ccc(OCCCO)cc3)O[C@H]2c2ccc(Br)cc2)cc1. The zero-order valence-corrected chi connectivity index (χ0v) is 26.9. The van der Waals surface area contributed by atoms with Crippen molar-refractivity contribution in [3.05, 3.63) is 141 Å². The second kappa shape index (κ2) is 15.7. The first-order valence-corrected chi connectivity index (χ1v) is 15.9. The molecule has 0 bridgehead atoms. The summed E-state index contributed by atoms with van der Waals surface area (Å²) in [4.78, 5) is 19.3. The fourth-order valence-electron chi connectivity index (χ4n) is 5.10. The minimum atomic E-state index is -1.29. The van der Waals surface area contributed by atoms with Crippen LogP contribution < -0.4 is 15.6 Å². The third-order valence-electron chi connectivity index (χ3n) is 7.60. The first-order valence-electron chi connectivity index (χ1n) is 15.1. The van der Waals surface area contributed by atoms with Gasteiger partial charge in [0.1, 0.15) is 5.75 Å². The summed E-state index contributed by atoms with van der Waals surface area (Å²) in [5.74, 6) is 0.784. The Morgan fingerprint density at radius 1 is 1.00 bits per heavy atom. The van der Waals surface area contributed by atoms with Crippen LogP contribution in [0.15, 0.2) is 119 Å². The molecule has 3 N–H and O–H groups in total. The number of hydrogen-bond acceptors (Lipinski definition) is 6. The first-order chi connectivity index (χ1) is 22.0. The number of nitrogens with one attached hydrogen (secondary N) is 2. The Kier molecular flexibility index (Phi) is 11.2. The van der Waals surface area contributed by atoms with Crippen LogP contribution in [-0.4, -0.2) is 42.2 Å². The maximum absolute atomic E-state index is 14.2. The number of nitrogens with zero attached hydrogens (tertiary/aromatic N) is 1. The molecule has 4 aromatic rings. The van der Waals surface area contributed by atoms with E-state index in [0.29, 0.717) is 37.6 Å². The molecule has 1 amide bonds. The van der Waals surface area contributed by atoms with Crippen molar-refractivity contribution in [2.24, 2.45) is 4.99 Å². The Hall–Kier alpha value is -4.24. The van der Waals surface area contributed by atoms with Crippen molar-refractivity contribution < 1.29 is 19.4 Å². The molecular weight excluding hydrogens is 630 g/mol. The lowest BCUT2D eigenvalue weighted by Gasteiger charge is -2.30. The van der Waals surface area contributed by atoms with Gasteiger partial charge in [-0.15, -0.1) is 0 Å². The summed E-state index contributed by atoms with van der Waals surface area (Å²) in [5.41, 5.74) is 9.80. The molecule has 0 radical (unpaired) electrons. The van der Waals surface area contributed by atoms with E-state index in [0.717, 1.165) is 27.6 Å². The molecule has 232 valence electrons. The van der Waals surface area contributed by atoms with E-state index < -0.39 is 11.6 Å². The molecule has 7 nitrogen and oxygen atoms in total. The molecule has 5 rings (SSSR count). The Morgan fingerprint density at radius 3 is 2.44 bits per heavy atom. The molecule has 45 heavy (non-hydrogen) atoms. The van der Waals surface area contributed by atoms with Crippen LogP contribution in [0.25, 0.3) is 6.08 Å². The Morgan fingerprint density at radius 2 is 1.73 bits per heavy atom. The third kappa shape index (κ3) is 8.48. The number of aliphatic hydroxyl groups excluding tert-OH is 1. The van der Waals surface area contributed by atoms with Crippen molar-refractivity contribution in [1.82, 2.24) is 10.9 Å². The van der Waals surface area contributed by atoms with Crippen LogP contribution in [0.2, 0.25) is 0 Å². The second-order valence-electron chi connectivity index (χ2n) is 11.0. The van der Waals surface area contributed by atoms with E-state index in [-0.39, 0.29) is 12.5 Å². The van der Waals surface area contributed by atoms with Gasteiger partial charge in [-0.05, 0) is 66.4 Å². The highest BCUT2D eigenvalue weighted by molar-refractivity contribution is 9.10. The third-order valence-corrected chi connectivity index (χ3v) is 8.13. The van der Waals surface area contributed by atoms with Crippen LogP contribution in [0.4, 0.5) is 0 Å². The van der Waals surface area contributed by atoms with Gasteiger partial charge in [0, 0.05) is 36.0 Å². The molecule has 1 aliphatic heterocycles. The van der Waals surface area contributed by atoms with Crippen molar-refractivity contribution in [2.45, 2.75) is 37.8 Å². The van der Waals surface area contributed by atoms with E-state index in [2.05, 4.69) is 58.0 Å². The summed E-state index contributed by atoms with van der Waals surface area (Å²) < 4.78 is 13.2. The predicted octanol–water partition coefficient (Wildman–Crippen LogP) is 6.74. The van der Waals surface area contributed by atoms with Crippen LogP contribution in [0.3, 0.4) is 0 Å². The number of aryl methyl sites for hydroxylation is 1. The summed E-state index contributed by atoms with van der Waals surface area (Å²) in [6.07, 6.45) is 4.93. The van der Waals surface area contributed by atoms with E-state index >= 15 is 0 Å². The molecule has 1 heterocycles. The fraction of sp³-hybridized carbons (Fsp3) is 0.243. The second-order valence-corrected chi connectivity index (χ2v) is 11.9. The number of aliphatic imine (C=N–C) groups is 1.